The van der Waals surface area contributed by atoms with Crippen molar-refractivity contribution in [2.24, 2.45) is 0 Å². The molecule has 0 bridgehead atoms. The summed E-state index contributed by atoms with van der Waals surface area (Å²) in [7, 11) is -3.04. The van der Waals surface area contributed by atoms with E-state index < -0.39 is 10.0 Å². The molecule has 1 rings (SSSR count). The molecule has 0 aromatic rings. The van der Waals surface area contributed by atoms with Crippen LogP contribution in [0.4, 0.5) is 0 Å². The van der Waals surface area contributed by atoms with Gasteiger partial charge in [0.15, 0.2) is 0 Å². The van der Waals surface area contributed by atoms with Crippen LogP contribution < -0.4 is 5.32 Å². The Morgan fingerprint density at radius 2 is 1.95 bits per heavy atom. The Balaban J connectivity index is 2.33. The summed E-state index contributed by atoms with van der Waals surface area (Å²) in [5.74, 6) is 0.311. The van der Waals surface area contributed by atoms with Gasteiger partial charge in [0.2, 0.25) is 10.0 Å². The molecule has 1 atom stereocenters. The van der Waals surface area contributed by atoms with Crippen LogP contribution in [0.25, 0.3) is 0 Å². The molecule has 0 aromatic carbocycles. The standard InChI is InChI=1S/C14H30N2O2S/c1-3-10-15-11-6-8-13-19(17,18)16-12-7-4-5-9-14(16)2/h14-15H,3-13H2,1-2H3. The van der Waals surface area contributed by atoms with Gasteiger partial charge in [-0.05, 0) is 52.1 Å². The first-order chi connectivity index (χ1) is 9.08. The number of sulfonamides is 1. The molecule has 0 aromatic heterocycles. The molecule has 0 spiro atoms. The van der Waals surface area contributed by atoms with Crippen LogP contribution in [0.3, 0.4) is 0 Å². The maximum Gasteiger partial charge on any atom is 0.214 e. The van der Waals surface area contributed by atoms with E-state index in [9.17, 15) is 8.42 Å². The van der Waals surface area contributed by atoms with Crippen LogP contribution in [0.15, 0.2) is 0 Å². The molecule has 1 unspecified atom stereocenters. The number of hydrogen-bond donors (Lipinski definition) is 1. The van der Waals surface area contributed by atoms with E-state index in [1.54, 1.807) is 4.31 Å². The number of rotatable bonds is 8. The van der Waals surface area contributed by atoms with E-state index in [1.807, 2.05) is 6.92 Å². The number of hydrogen-bond acceptors (Lipinski definition) is 3. The zero-order chi connectivity index (χ0) is 14.1. The third kappa shape index (κ3) is 6.23. The number of nitrogens with one attached hydrogen (secondary N) is 1. The van der Waals surface area contributed by atoms with Crippen molar-refractivity contribution >= 4 is 10.0 Å². The average Bonchev–Trinajstić information content (AvgIpc) is 2.58. The summed E-state index contributed by atoms with van der Waals surface area (Å²) in [4.78, 5) is 0. The molecular formula is C14H30N2O2S. The van der Waals surface area contributed by atoms with Gasteiger partial charge >= 0.3 is 0 Å². The van der Waals surface area contributed by atoms with E-state index in [0.29, 0.717) is 5.75 Å². The third-order valence-corrected chi connectivity index (χ3v) is 5.84. The second-order valence-electron chi connectivity index (χ2n) is 5.58. The summed E-state index contributed by atoms with van der Waals surface area (Å²) in [6.45, 7) is 6.86. The van der Waals surface area contributed by atoms with Crippen LogP contribution in [0.2, 0.25) is 0 Å². The van der Waals surface area contributed by atoms with Crippen molar-refractivity contribution in [3.63, 3.8) is 0 Å². The molecule has 0 aliphatic carbocycles. The molecule has 0 amide bonds. The first-order valence-corrected chi connectivity index (χ1v) is 9.39. The zero-order valence-corrected chi connectivity index (χ0v) is 13.3. The third-order valence-electron chi connectivity index (χ3n) is 3.78. The summed E-state index contributed by atoms with van der Waals surface area (Å²) in [6.07, 6.45) is 7.19. The molecule has 19 heavy (non-hydrogen) atoms. The van der Waals surface area contributed by atoms with Gasteiger partial charge in [-0.25, -0.2) is 8.42 Å². The quantitative estimate of drug-likeness (QED) is 0.698. The van der Waals surface area contributed by atoms with Crippen molar-refractivity contribution in [3.8, 4) is 0 Å². The first-order valence-electron chi connectivity index (χ1n) is 7.78. The molecule has 1 aliphatic heterocycles. The molecule has 1 saturated heterocycles. The van der Waals surface area contributed by atoms with E-state index in [-0.39, 0.29) is 6.04 Å². The lowest BCUT2D eigenvalue weighted by Gasteiger charge is -2.26. The van der Waals surface area contributed by atoms with Gasteiger partial charge in [0.05, 0.1) is 5.75 Å². The highest BCUT2D eigenvalue weighted by atomic mass is 32.2. The molecule has 1 heterocycles. The first kappa shape index (κ1) is 16.9. The van der Waals surface area contributed by atoms with E-state index in [2.05, 4.69) is 12.2 Å². The summed E-state index contributed by atoms with van der Waals surface area (Å²) >= 11 is 0. The van der Waals surface area contributed by atoms with Crippen molar-refractivity contribution in [3.05, 3.63) is 0 Å². The summed E-state index contributed by atoms with van der Waals surface area (Å²) in [5, 5.41) is 3.31. The highest BCUT2D eigenvalue weighted by molar-refractivity contribution is 7.89. The second-order valence-corrected chi connectivity index (χ2v) is 7.62. The van der Waals surface area contributed by atoms with Crippen molar-refractivity contribution < 1.29 is 8.42 Å². The molecular weight excluding hydrogens is 260 g/mol. The highest BCUT2D eigenvalue weighted by Gasteiger charge is 2.27. The van der Waals surface area contributed by atoms with Gasteiger partial charge in [-0.2, -0.15) is 4.31 Å². The van der Waals surface area contributed by atoms with Crippen molar-refractivity contribution in [2.75, 3.05) is 25.4 Å². The van der Waals surface area contributed by atoms with Gasteiger partial charge in [0, 0.05) is 12.6 Å². The van der Waals surface area contributed by atoms with E-state index >= 15 is 0 Å². The van der Waals surface area contributed by atoms with E-state index in [4.69, 9.17) is 0 Å². The summed E-state index contributed by atoms with van der Waals surface area (Å²) in [6, 6.07) is 0.186. The summed E-state index contributed by atoms with van der Waals surface area (Å²) in [5.41, 5.74) is 0. The van der Waals surface area contributed by atoms with Gasteiger partial charge in [-0.1, -0.05) is 19.8 Å². The zero-order valence-electron chi connectivity index (χ0n) is 12.5. The maximum absolute atomic E-state index is 12.3. The van der Waals surface area contributed by atoms with Gasteiger partial charge in [0.1, 0.15) is 0 Å². The fraction of sp³-hybridized carbons (Fsp3) is 1.00. The lowest BCUT2D eigenvalue weighted by molar-refractivity contribution is 0.341. The molecule has 0 saturated carbocycles. The average molecular weight is 290 g/mol. The predicted molar refractivity (Wildman–Crippen MR) is 80.8 cm³/mol. The Bertz CT molecular complexity index is 330. The van der Waals surface area contributed by atoms with Gasteiger partial charge < -0.3 is 5.32 Å². The minimum absolute atomic E-state index is 0.186. The van der Waals surface area contributed by atoms with Crippen LogP contribution in [0.5, 0.6) is 0 Å². The van der Waals surface area contributed by atoms with Gasteiger partial charge in [-0.3, -0.25) is 0 Å². The van der Waals surface area contributed by atoms with Crippen LogP contribution in [-0.2, 0) is 10.0 Å². The predicted octanol–water partition coefficient (Wildman–Crippen LogP) is 2.36. The molecule has 1 fully saturated rings. The van der Waals surface area contributed by atoms with Crippen molar-refractivity contribution in [2.45, 2.75) is 64.8 Å². The molecule has 1 aliphatic rings. The Kier molecular flexibility index (Phi) is 7.95. The normalized spacial score (nSPS) is 22.3. The largest absolute Gasteiger partial charge is 0.317 e. The van der Waals surface area contributed by atoms with Crippen LogP contribution in [-0.4, -0.2) is 44.2 Å². The maximum atomic E-state index is 12.3. The van der Waals surface area contributed by atoms with Gasteiger partial charge in [0.25, 0.3) is 0 Å². The Hall–Kier alpha value is -0.130. The SMILES string of the molecule is CCCNCCCCS(=O)(=O)N1CCCCCC1C. The second kappa shape index (κ2) is 8.93. The molecule has 114 valence electrons. The summed E-state index contributed by atoms with van der Waals surface area (Å²) < 4.78 is 26.4. The van der Waals surface area contributed by atoms with Crippen molar-refractivity contribution in [1.29, 1.82) is 0 Å². The Morgan fingerprint density at radius 1 is 1.16 bits per heavy atom. The topological polar surface area (TPSA) is 49.4 Å². The van der Waals surface area contributed by atoms with Gasteiger partial charge in [-0.15, -0.1) is 0 Å². The highest BCUT2D eigenvalue weighted by Crippen LogP contribution is 2.20. The van der Waals surface area contributed by atoms with E-state index in [0.717, 1.165) is 64.6 Å². The molecule has 5 heteroatoms. The Labute approximate surface area is 119 Å². The smallest absolute Gasteiger partial charge is 0.214 e. The fourth-order valence-corrected chi connectivity index (χ4v) is 4.48. The van der Waals surface area contributed by atoms with Crippen LogP contribution in [0.1, 0.15) is 58.8 Å². The molecule has 1 N–H and O–H groups in total. The minimum Gasteiger partial charge on any atom is -0.317 e. The number of nitrogens with zero attached hydrogens (tertiary/aromatic N) is 1. The van der Waals surface area contributed by atoms with Crippen LogP contribution in [0, 0.1) is 0 Å². The van der Waals surface area contributed by atoms with Crippen LogP contribution >= 0.6 is 0 Å². The lowest BCUT2D eigenvalue weighted by Crippen LogP contribution is -2.39. The lowest BCUT2D eigenvalue weighted by atomic mass is 10.1. The Morgan fingerprint density at radius 3 is 2.68 bits per heavy atom. The number of unbranched alkanes of at least 4 members (excludes halogenated alkanes) is 1. The minimum atomic E-state index is -3.04. The monoisotopic (exact) mass is 290 g/mol. The van der Waals surface area contributed by atoms with Crippen molar-refractivity contribution in [1.82, 2.24) is 9.62 Å². The molecule has 4 nitrogen and oxygen atoms in total. The molecule has 0 radical (unpaired) electrons. The fourth-order valence-electron chi connectivity index (χ4n) is 2.62. The van der Waals surface area contributed by atoms with E-state index in [1.165, 1.54) is 0 Å².